The summed E-state index contributed by atoms with van der Waals surface area (Å²) in [6, 6.07) is 6.87. The lowest BCUT2D eigenvalue weighted by Crippen LogP contribution is -2.27. The number of esters is 1. The topological polar surface area (TPSA) is 61.8 Å². The van der Waals surface area contributed by atoms with Gasteiger partial charge >= 0.3 is 12.1 Å². The monoisotopic (exact) mass is 450 g/mol. The van der Waals surface area contributed by atoms with Crippen LogP contribution in [0.25, 0.3) is 0 Å². The molecule has 1 atom stereocenters. The highest BCUT2D eigenvalue weighted by Gasteiger charge is 2.31. The van der Waals surface area contributed by atoms with Crippen LogP contribution in [0.3, 0.4) is 0 Å². The van der Waals surface area contributed by atoms with E-state index in [1.807, 2.05) is 0 Å². The van der Waals surface area contributed by atoms with E-state index in [0.29, 0.717) is 0 Å². The van der Waals surface area contributed by atoms with Crippen molar-refractivity contribution in [2.45, 2.75) is 26.1 Å². The van der Waals surface area contributed by atoms with E-state index in [-0.39, 0.29) is 39.7 Å². The van der Waals surface area contributed by atoms with E-state index >= 15 is 0 Å². The van der Waals surface area contributed by atoms with E-state index in [1.54, 1.807) is 0 Å². The summed E-state index contributed by atoms with van der Waals surface area (Å²) in [5, 5.41) is -0.0829. The summed E-state index contributed by atoms with van der Waals surface area (Å²) in [6.07, 6.45) is -5.60. The number of Topliss-reactive ketones (excluding diaryl/α,β-unsaturated/α-hetero) is 1. The van der Waals surface area contributed by atoms with Crippen LogP contribution in [0.5, 0.6) is 17.2 Å². The zero-order valence-corrected chi connectivity index (χ0v) is 16.7. The molecule has 10 heteroatoms. The maximum absolute atomic E-state index is 12.7. The fraction of sp³-hybridized carbons (Fsp3) is 0.263. The van der Waals surface area contributed by atoms with E-state index in [1.165, 1.54) is 32.0 Å². The van der Waals surface area contributed by atoms with Crippen molar-refractivity contribution in [1.82, 2.24) is 0 Å². The summed E-state index contributed by atoms with van der Waals surface area (Å²) >= 11 is 11.9. The summed E-state index contributed by atoms with van der Waals surface area (Å²) in [6.45, 7) is 2.29. The molecule has 29 heavy (non-hydrogen) atoms. The molecule has 5 nitrogen and oxygen atoms in total. The normalized spacial score (nSPS) is 12.2. The number of ketones is 1. The van der Waals surface area contributed by atoms with Gasteiger partial charge in [-0.25, -0.2) is 4.79 Å². The van der Waals surface area contributed by atoms with E-state index in [2.05, 4.69) is 0 Å². The van der Waals surface area contributed by atoms with Gasteiger partial charge in [-0.2, -0.15) is 13.2 Å². The maximum atomic E-state index is 12.7. The second kappa shape index (κ2) is 9.37. The maximum Gasteiger partial charge on any atom is 0.416 e. The number of rotatable bonds is 7. The fourth-order valence-corrected chi connectivity index (χ4v) is 2.43. The number of ether oxygens (including phenoxy) is 3. The molecule has 0 saturated carbocycles. The Morgan fingerprint density at radius 1 is 1.03 bits per heavy atom. The van der Waals surface area contributed by atoms with Gasteiger partial charge in [0.1, 0.15) is 23.9 Å². The van der Waals surface area contributed by atoms with Crippen LogP contribution >= 0.6 is 23.2 Å². The average Bonchev–Trinajstić information content (AvgIpc) is 2.63. The van der Waals surface area contributed by atoms with Crippen molar-refractivity contribution in [3.8, 4) is 17.2 Å². The highest BCUT2D eigenvalue weighted by molar-refractivity contribution is 6.32. The predicted molar refractivity (Wildman–Crippen MR) is 99.7 cm³/mol. The molecule has 2 aromatic rings. The lowest BCUT2D eigenvalue weighted by atomic mass is 10.2. The summed E-state index contributed by atoms with van der Waals surface area (Å²) in [5.41, 5.74) is -0.909. The summed E-state index contributed by atoms with van der Waals surface area (Å²) in [4.78, 5) is 22.7. The molecule has 0 N–H and O–H groups in total. The number of carbonyl (C=O) groups excluding carboxylic acids is 2. The van der Waals surface area contributed by atoms with Gasteiger partial charge in [0, 0.05) is 6.07 Å². The molecular weight excluding hydrogens is 436 g/mol. The van der Waals surface area contributed by atoms with Crippen LogP contribution < -0.4 is 9.47 Å². The first-order valence-electron chi connectivity index (χ1n) is 8.14. The third-order valence-electron chi connectivity index (χ3n) is 3.44. The van der Waals surface area contributed by atoms with Gasteiger partial charge in [-0.05, 0) is 44.2 Å². The number of hydrogen-bond donors (Lipinski definition) is 0. The van der Waals surface area contributed by atoms with Crippen molar-refractivity contribution in [2.24, 2.45) is 0 Å². The van der Waals surface area contributed by atoms with E-state index < -0.39 is 23.8 Å². The van der Waals surface area contributed by atoms with Crippen LogP contribution in [0.4, 0.5) is 13.2 Å². The highest BCUT2D eigenvalue weighted by atomic mass is 35.5. The second-order valence-electron chi connectivity index (χ2n) is 5.91. The van der Waals surface area contributed by atoms with E-state index in [9.17, 15) is 22.8 Å². The summed E-state index contributed by atoms with van der Waals surface area (Å²) in [7, 11) is 0. The summed E-state index contributed by atoms with van der Waals surface area (Å²) < 4.78 is 53.9. The first-order valence-corrected chi connectivity index (χ1v) is 8.90. The van der Waals surface area contributed by atoms with Crippen LogP contribution in [0.15, 0.2) is 36.4 Å². The SMILES string of the molecule is CC(=O)COC(=O)C(C)Oc1cc(Oc2ccc(C(F)(F)F)cc2Cl)ccc1Cl. The molecule has 0 spiro atoms. The smallest absolute Gasteiger partial charge is 0.416 e. The molecule has 0 heterocycles. The zero-order valence-electron chi connectivity index (χ0n) is 15.2. The van der Waals surface area contributed by atoms with Crippen molar-refractivity contribution < 1.29 is 37.0 Å². The Bertz CT molecular complexity index is 915. The van der Waals surface area contributed by atoms with Gasteiger partial charge in [0.05, 0.1) is 15.6 Å². The van der Waals surface area contributed by atoms with Crippen LogP contribution in [0.2, 0.25) is 10.0 Å². The van der Waals surface area contributed by atoms with Gasteiger partial charge in [0.25, 0.3) is 0 Å². The quantitative estimate of drug-likeness (QED) is 0.506. The van der Waals surface area contributed by atoms with Crippen LogP contribution in [-0.2, 0) is 20.5 Å². The largest absolute Gasteiger partial charge is 0.477 e. The Morgan fingerprint density at radius 2 is 1.72 bits per heavy atom. The van der Waals surface area contributed by atoms with Crippen molar-refractivity contribution in [3.63, 3.8) is 0 Å². The highest BCUT2D eigenvalue weighted by Crippen LogP contribution is 2.38. The number of hydrogen-bond acceptors (Lipinski definition) is 5. The van der Waals surface area contributed by atoms with Crippen molar-refractivity contribution >= 4 is 35.0 Å². The standard InChI is InChI=1S/C19H15Cl2F3O5/c1-10(25)9-27-18(26)11(2)28-17-8-13(4-5-14(17)20)29-16-6-3-12(7-15(16)21)19(22,23)24/h3-8,11H,9H2,1-2H3. The molecule has 0 amide bonds. The summed E-state index contributed by atoms with van der Waals surface area (Å²) in [5.74, 6) is -0.877. The first-order chi connectivity index (χ1) is 13.5. The van der Waals surface area contributed by atoms with Crippen LogP contribution in [0, 0.1) is 0 Å². The molecule has 0 saturated heterocycles. The minimum Gasteiger partial charge on any atom is -0.477 e. The minimum absolute atomic E-state index is 0.0122. The molecule has 0 aliphatic heterocycles. The van der Waals surface area contributed by atoms with Gasteiger partial charge in [-0.1, -0.05) is 23.2 Å². The molecule has 0 radical (unpaired) electrons. The minimum atomic E-state index is -4.53. The molecule has 156 valence electrons. The van der Waals surface area contributed by atoms with Crippen LogP contribution in [0.1, 0.15) is 19.4 Å². The second-order valence-corrected chi connectivity index (χ2v) is 6.72. The molecule has 0 aromatic heterocycles. The molecular formula is C19H15Cl2F3O5. The van der Waals surface area contributed by atoms with Crippen molar-refractivity contribution in [2.75, 3.05) is 6.61 Å². The van der Waals surface area contributed by atoms with Gasteiger partial charge in [0.15, 0.2) is 11.9 Å². The van der Waals surface area contributed by atoms with Gasteiger partial charge in [-0.15, -0.1) is 0 Å². The first kappa shape index (κ1) is 22.8. The number of halogens is 5. The Morgan fingerprint density at radius 3 is 2.31 bits per heavy atom. The molecule has 0 aliphatic carbocycles. The Labute approximate surface area is 174 Å². The third-order valence-corrected chi connectivity index (χ3v) is 4.05. The van der Waals surface area contributed by atoms with Gasteiger partial charge < -0.3 is 14.2 Å². The Hall–Kier alpha value is -2.45. The number of carbonyl (C=O) groups is 2. The fourth-order valence-electron chi connectivity index (χ4n) is 2.05. The van der Waals surface area contributed by atoms with E-state index in [4.69, 9.17) is 37.4 Å². The molecule has 0 aliphatic rings. The lowest BCUT2D eigenvalue weighted by molar-refractivity contribution is -0.153. The Kier molecular flexibility index (Phi) is 7.37. The van der Waals surface area contributed by atoms with Crippen LogP contribution in [-0.4, -0.2) is 24.5 Å². The molecule has 0 fully saturated rings. The molecule has 2 rings (SSSR count). The molecule has 1 unspecified atom stereocenters. The number of benzene rings is 2. The van der Waals surface area contributed by atoms with Gasteiger partial charge in [-0.3, -0.25) is 4.79 Å². The third kappa shape index (κ3) is 6.54. The predicted octanol–water partition coefficient (Wildman–Crippen LogP) is 5.70. The average molecular weight is 451 g/mol. The van der Waals surface area contributed by atoms with Gasteiger partial charge in [0.2, 0.25) is 0 Å². The van der Waals surface area contributed by atoms with Crippen molar-refractivity contribution in [1.29, 1.82) is 0 Å². The number of alkyl halides is 3. The zero-order chi connectivity index (χ0) is 21.8. The molecule has 2 aromatic carbocycles. The Balaban J connectivity index is 2.15. The lowest BCUT2D eigenvalue weighted by Gasteiger charge is -2.16. The molecule has 0 bridgehead atoms. The van der Waals surface area contributed by atoms with E-state index in [0.717, 1.165) is 18.2 Å². The van der Waals surface area contributed by atoms with Crippen molar-refractivity contribution in [3.05, 3.63) is 52.0 Å².